The Bertz CT molecular complexity index is 1060. The molecule has 2 amide bonds. The van der Waals surface area contributed by atoms with E-state index in [1.54, 1.807) is 37.8 Å². The van der Waals surface area contributed by atoms with Crippen LogP contribution in [0.3, 0.4) is 0 Å². The summed E-state index contributed by atoms with van der Waals surface area (Å²) in [6, 6.07) is 4.59. The quantitative estimate of drug-likeness (QED) is 0.626. The van der Waals surface area contributed by atoms with Crippen LogP contribution in [-0.2, 0) is 27.1 Å². The van der Waals surface area contributed by atoms with E-state index in [2.05, 4.69) is 10.3 Å². The highest BCUT2D eigenvalue weighted by Gasteiger charge is 2.30. The Morgan fingerprint density at radius 1 is 1.18 bits per heavy atom. The number of methoxy groups -OCH3 is 1. The van der Waals surface area contributed by atoms with Gasteiger partial charge >= 0.3 is 12.1 Å². The Morgan fingerprint density at radius 3 is 2.45 bits per heavy atom. The molecule has 33 heavy (non-hydrogen) atoms. The van der Waals surface area contributed by atoms with Crippen LogP contribution in [0.1, 0.15) is 42.3 Å². The Kier molecular flexibility index (Phi) is 7.49. The highest BCUT2D eigenvalue weighted by Crippen LogP contribution is 2.33. The summed E-state index contributed by atoms with van der Waals surface area (Å²) in [5.41, 5.74) is 1.98. The van der Waals surface area contributed by atoms with Gasteiger partial charge in [-0.3, -0.25) is 9.78 Å². The minimum Gasteiger partial charge on any atom is -0.467 e. The Hall–Kier alpha value is -2.84. The van der Waals surface area contributed by atoms with Gasteiger partial charge in [-0.2, -0.15) is 0 Å². The molecule has 0 bridgehead atoms. The number of carbonyl (C=O) groups is 3. The molecule has 1 aromatic carbocycles. The molecule has 0 aliphatic carbocycles. The van der Waals surface area contributed by atoms with Crippen molar-refractivity contribution < 1.29 is 23.9 Å². The number of esters is 1. The van der Waals surface area contributed by atoms with Crippen molar-refractivity contribution in [1.82, 2.24) is 10.3 Å². The molecule has 0 saturated carbocycles. The van der Waals surface area contributed by atoms with Crippen molar-refractivity contribution in [2.75, 3.05) is 18.6 Å². The monoisotopic (exact) mass is 493 g/mol. The van der Waals surface area contributed by atoms with Gasteiger partial charge in [-0.05, 0) is 44.4 Å². The number of fused-ring (bicyclic) bond motifs is 1. The zero-order valence-corrected chi connectivity index (χ0v) is 20.3. The number of halogens is 2. The maximum absolute atomic E-state index is 13.1. The Labute approximate surface area is 202 Å². The van der Waals surface area contributed by atoms with Gasteiger partial charge in [0.15, 0.2) is 0 Å². The summed E-state index contributed by atoms with van der Waals surface area (Å²) < 4.78 is 10.1. The Balaban J connectivity index is 1.79. The van der Waals surface area contributed by atoms with Crippen molar-refractivity contribution in [2.24, 2.45) is 0 Å². The molecule has 3 rings (SSSR count). The van der Waals surface area contributed by atoms with E-state index >= 15 is 0 Å². The molecule has 1 aliphatic heterocycles. The fourth-order valence-electron chi connectivity index (χ4n) is 3.56. The molecule has 2 heterocycles. The van der Waals surface area contributed by atoms with Crippen LogP contribution in [-0.4, -0.2) is 48.3 Å². The standard InChI is InChI=1S/C23H25Cl2N3O5/c1-23(2,3)33-22(31)27-17(21(30)32-4)10-13-5-6-18-14(9-13)7-8-28(18)20(29)19-15(24)11-26-12-16(19)25/h5-6,9,11-12,17H,7-8,10H2,1-4H3,(H,27,31). The third-order valence-corrected chi connectivity index (χ3v) is 5.54. The summed E-state index contributed by atoms with van der Waals surface area (Å²) in [6.45, 7) is 5.67. The lowest BCUT2D eigenvalue weighted by Crippen LogP contribution is -2.45. The maximum atomic E-state index is 13.1. The number of amides is 2. The molecule has 1 atom stereocenters. The predicted octanol–water partition coefficient (Wildman–Crippen LogP) is 4.20. The third kappa shape index (κ3) is 5.94. The van der Waals surface area contributed by atoms with Gasteiger partial charge in [0.1, 0.15) is 11.6 Å². The average Bonchev–Trinajstić information content (AvgIpc) is 3.14. The van der Waals surface area contributed by atoms with E-state index in [1.165, 1.54) is 19.5 Å². The van der Waals surface area contributed by atoms with Crippen molar-refractivity contribution in [2.45, 2.75) is 45.3 Å². The molecule has 1 unspecified atom stereocenters. The number of benzene rings is 1. The largest absolute Gasteiger partial charge is 0.467 e. The van der Waals surface area contributed by atoms with Crippen molar-refractivity contribution >= 4 is 46.9 Å². The van der Waals surface area contributed by atoms with Gasteiger partial charge in [-0.1, -0.05) is 35.3 Å². The molecule has 1 aliphatic rings. The number of anilines is 1. The molecule has 2 aromatic rings. The zero-order chi connectivity index (χ0) is 24.3. The Morgan fingerprint density at radius 2 is 1.85 bits per heavy atom. The lowest BCUT2D eigenvalue weighted by Gasteiger charge is -2.23. The van der Waals surface area contributed by atoms with Crippen LogP contribution >= 0.6 is 23.2 Å². The second kappa shape index (κ2) is 9.97. The van der Waals surface area contributed by atoms with Crippen molar-refractivity contribution in [3.8, 4) is 0 Å². The van der Waals surface area contributed by atoms with Crippen LogP contribution in [0.2, 0.25) is 10.0 Å². The van der Waals surface area contributed by atoms with Crippen LogP contribution in [0, 0.1) is 0 Å². The van der Waals surface area contributed by atoms with Crippen LogP contribution in [0.5, 0.6) is 0 Å². The van der Waals surface area contributed by atoms with E-state index in [9.17, 15) is 14.4 Å². The second-order valence-electron chi connectivity index (χ2n) is 8.57. The van der Waals surface area contributed by atoms with E-state index in [4.69, 9.17) is 32.7 Å². The molecule has 0 fully saturated rings. The maximum Gasteiger partial charge on any atom is 0.408 e. The van der Waals surface area contributed by atoms with Crippen LogP contribution in [0.4, 0.5) is 10.5 Å². The molecule has 0 spiro atoms. The number of nitrogens with zero attached hydrogens (tertiary/aromatic N) is 2. The zero-order valence-electron chi connectivity index (χ0n) is 18.8. The number of carbonyl (C=O) groups excluding carboxylic acids is 3. The predicted molar refractivity (Wildman–Crippen MR) is 125 cm³/mol. The first-order valence-corrected chi connectivity index (χ1v) is 11.1. The molecular weight excluding hydrogens is 469 g/mol. The highest BCUT2D eigenvalue weighted by molar-refractivity contribution is 6.40. The van der Waals surface area contributed by atoms with Gasteiger partial charge in [0.25, 0.3) is 5.91 Å². The van der Waals surface area contributed by atoms with Gasteiger partial charge in [-0.15, -0.1) is 0 Å². The number of pyridine rings is 1. The summed E-state index contributed by atoms with van der Waals surface area (Å²) >= 11 is 12.3. The number of ether oxygens (including phenoxy) is 2. The molecule has 1 N–H and O–H groups in total. The van der Waals surface area contributed by atoms with E-state index in [-0.39, 0.29) is 27.9 Å². The normalized spacial score (nSPS) is 13.8. The first-order valence-electron chi connectivity index (χ1n) is 10.3. The smallest absolute Gasteiger partial charge is 0.408 e. The van der Waals surface area contributed by atoms with Gasteiger partial charge in [-0.25, -0.2) is 9.59 Å². The molecular formula is C23H25Cl2N3O5. The van der Waals surface area contributed by atoms with E-state index in [0.717, 1.165) is 16.8 Å². The average molecular weight is 494 g/mol. The molecule has 8 nitrogen and oxygen atoms in total. The van der Waals surface area contributed by atoms with Gasteiger partial charge < -0.3 is 19.7 Å². The fourth-order valence-corrected chi connectivity index (χ4v) is 4.09. The lowest BCUT2D eigenvalue weighted by molar-refractivity contribution is -0.143. The molecule has 0 radical (unpaired) electrons. The van der Waals surface area contributed by atoms with Crippen molar-refractivity contribution in [3.05, 3.63) is 57.3 Å². The van der Waals surface area contributed by atoms with Gasteiger partial charge in [0.05, 0.1) is 22.7 Å². The number of nitrogens with one attached hydrogen (secondary N) is 1. The number of rotatable bonds is 5. The first kappa shape index (κ1) is 24.8. The lowest BCUT2D eigenvalue weighted by atomic mass is 10.0. The number of hydrogen-bond acceptors (Lipinski definition) is 6. The van der Waals surface area contributed by atoms with Crippen LogP contribution in [0.15, 0.2) is 30.6 Å². The molecule has 176 valence electrons. The third-order valence-electron chi connectivity index (χ3n) is 4.97. The first-order chi connectivity index (χ1) is 15.5. The van der Waals surface area contributed by atoms with Crippen LogP contribution < -0.4 is 10.2 Å². The van der Waals surface area contributed by atoms with Gasteiger partial charge in [0.2, 0.25) is 0 Å². The molecule has 1 aromatic heterocycles. The van der Waals surface area contributed by atoms with Crippen molar-refractivity contribution in [1.29, 1.82) is 0 Å². The van der Waals surface area contributed by atoms with E-state index < -0.39 is 23.7 Å². The van der Waals surface area contributed by atoms with E-state index in [1.807, 2.05) is 6.07 Å². The molecule has 0 saturated heterocycles. The topological polar surface area (TPSA) is 97.8 Å². The van der Waals surface area contributed by atoms with Crippen molar-refractivity contribution in [3.63, 3.8) is 0 Å². The number of hydrogen-bond donors (Lipinski definition) is 1. The summed E-state index contributed by atoms with van der Waals surface area (Å²) in [5.74, 6) is -0.891. The summed E-state index contributed by atoms with van der Waals surface area (Å²) in [4.78, 5) is 43.0. The summed E-state index contributed by atoms with van der Waals surface area (Å²) in [5, 5.41) is 2.94. The second-order valence-corrected chi connectivity index (χ2v) is 9.39. The summed E-state index contributed by atoms with van der Waals surface area (Å²) in [6.07, 6.45) is 2.88. The fraction of sp³-hybridized carbons (Fsp3) is 0.391. The summed E-state index contributed by atoms with van der Waals surface area (Å²) in [7, 11) is 1.26. The molecule has 10 heteroatoms. The van der Waals surface area contributed by atoms with Gasteiger partial charge in [0, 0.05) is 31.0 Å². The number of alkyl carbamates (subject to hydrolysis) is 1. The minimum absolute atomic E-state index is 0.187. The van der Waals surface area contributed by atoms with Crippen LogP contribution in [0.25, 0.3) is 0 Å². The highest BCUT2D eigenvalue weighted by atomic mass is 35.5. The SMILES string of the molecule is COC(=O)C(Cc1ccc2c(c1)CCN2C(=O)c1c(Cl)cncc1Cl)NC(=O)OC(C)(C)C. The van der Waals surface area contributed by atoms with E-state index in [0.29, 0.717) is 13.0 Å². The number of aromatic nitrogens is 1. The minimum atomic E-state index is -0.920.